The fraction of sp³-hybridized carbons (Fsp3) is 0.273. The second-order valence-corrected chi connectivity index (χ2v) is 4.66. The third-order valence-electron chi connectivity index (χ3n) is 2.20. The number of non-ortho nitro benzene ring substituents is 1. The second-order valence-electron chi connectivity index (χ2n) is 3.60. The molecule has 1 aromatic carbocycles. The zero-order chi connectivity index (χ0) is 13.7. The molecule has 0 aliphatic carbocycles. The summed E-state index contributed by atoms with van der Waals surface area (Å²) in [5.41, 5.74) is 0.0361. The van der Waals surface area contributed by atoms with Gasteiger partial charge in [-0.05, 0) is 6.07 Å². The lowest BCUT2D eigenvalue weighted by Gasteiger charge is -2.06. The van der Waals surface area contributed by atoms with E-state index in [1.165, 1.54) is 30.0 Å². The third kappa shape index (κ3) is 3.46. The van der Waals surface area contributed by atoms with Gasteiger partial charge in [-0.3, -0.25) is 14.9 Å². The van der Waals surface area contributed by atoms with E-state index in [1.807, 2.05) is 6.07 Å². The van der Waals surface area contributed by atoms with Gasteiger partial charge in [-0.15, -0.1) is 11.8 Å². The Bertz CT molecular complexity index is 524. The Morgan fingerprint density at radius 1 is 1.67 bits per heavy atom. The molecule has 1 aromatic rings. The molecule has 0 heterocycles. The van der Waals surface area contributed by atoms with Crippen LogP contribution < -0.4 is 0 Å². The minimum atomic E-state index is -0.914. The lowest BCUT2D eigenvalue weighted by molar-refractivity contribution is -0.384. The number of carboxylic acids is 1. The molecule has 18 heavy (non-hydrogen) atoms. The summed E-state index contributed by atoms with van der Waals surface area (Å²) in [4.78, 5) is 21.2. The number of hydrogen-bond acceptors (Lipinski definition) is 5. The summed E-state index contributed by atoms with van der Waals surface area (Å²) in [7, 11) is 0. The van der Waals surface area contributed by atoms with Gasteiger partial charge in [-0.1, -0.05) is 6.92 Å². The van der Waals surface area contributed by atoms with Crippen molar-refractivity contribution in [2.75, 3.05) is 5.75 Å². The maximum atomic E-state index is 10.7. The molecular formula is C11H10N2O4S. The van der Waals surface area contributed by atoms with Gasteiger partial charge in [0.2, 0.25) is 0 Å². The smallest absolute Gasteiger partial charge is 0.307 e. The first-order chi connectivity index (χ1) is 8.45. The van der Waals surface area contributed by atoms with Crippen molar-refractivity contribution in [3.8, 4) is 6.07 Å². The van der Waals surface area contributed by atoms with Crippen LogP contribution in [-0.4, -0.2) is 21.8 Å². The quantitative estimate of drug-likeness (QED) is 0.498. The van der Waals surface area contributed by atoms with Crippen molar-refractivity contribution in [2.24, 2.45) is 5.92 Å². The highest BCUT2D eigenvalue weighted by molar-refractivity contribution is 7.99. The number of carboxylic acid groups (broad SMARTS) is 1. The van der Waals surface area contributed by atoms with Crippen LogP contribution in [0.5, 0.6) is 0 Å². The van der Waals surface area contributed by atoms with Gasteiger partial charge in [0.1, 0.15) is 6.07 Å². The van der Waals surface area contributed by atoms with E-state index in [9.17, 15) is 14.9 Å². The van der Waals surface area contributed by atoms with Crippen LogP contribution in [0.1, 0.15) is 12.5 Å². The van der Waals surface area contributed by atoms with E-state index in [2.05, 4.69) is 0 Å². The predicted octanol–water partition coefficient (Wildman–Crippen LogP) is 2.28. The van der Waals surface area contributed by atoms with Gasteiger partial charge < -0.3 is 5.11 Å². The molecule has 0 amide bonds. The van der Waals surface area contributed by atoms with Crippen LogP contribution in [0.25, 0.3) is 0 Å². The standard InChI is InChI=1S/C11H10N2O4S/c1-7(11(14)15)6-18-10-3-2-9(13(16)17)4-8(10)5-12/h2-4,7H,6H2,1H3,(H,14,15). The van der Waals surface area contributed by atoms with Gasteiger partial charge in [0.05, 0.1) is 16.4 Å². The summed E-state index contributed by atoms with van der Waals surface area (Å²) >= 11 is 1.20. The Morgan fingerprint density at radius 3 is 2.83 bits per heavy atom. The van der Waals surface area contributed by atoms with Crippen molar-refractivity contribution >= 4 is 23.4 Å². The molecule has 0 fully saturated rings. The topological polar surface area (TPSA) is 104 Å². The molecule has 7 heteroatoms. The average Bonchev–Trinajstić information content (AvgIpc) is 2.35. The number of carbonyl (C=O) groups is 1. The Morgan fingerprint density at radius 2 is 2.33 bits per heavy atom. The van der Waals surface area contributed by atoms with Crippen molar-refractivity contribution in [2.45, 2.75) is 11.8 Å². The Labute approximate surface area is 107 Å². The van der Waals surface area contributed by atoms with E-state index in [0.29, 0.717) is 10.6 Å². The summed E-state index contributed by atoms with van der Waals surface area (Å²) in [6.45, 7) is 1.56. The normalized spacial score (nSPS) is 11.6. The monoisotopic (exact) mass is 266 g/mol. The number of aliphatic carboxylic acids is 1. The van der Waals surface area contributed by atoms with Crippen LogP contribution in [0.15, 0.2) is 23.1 Å². The number of nitro groups is 1. The molecule has 0 spiro atoms. The highest BCUT2D eigenvalue weighted by Gasteiger charge is 2.15. The van der Waals surface area contributed by atoms with Gasteiger partial charge in [0.25, 0.3) is 5.69 Å². The summed E-state index contributed by atoms with van der Waals surface area (Å²) in [5.74, 6) is -1.15. The Balaban J connectivity index is 2.87. The molecule has 1 rings (SSSR count). The zero-order valence-corrected chi connectivity index (χ0v) is 10.3. The van der Waals surface area contributed by atoms with Crippen LogP contribution in [0.4, 0.5) is 5.69 Å². The van der Waals surface area contributed by atoms with Crippen LogP contribution in [-0.2, 0) is 4.79 Å². The van der Waals surface area contributed by atoms with Crippen molar-refractivity contribution < 1.29 is 14.8 Å². The number of nitriles is 1. The molecule has 94 valence electrons. The minimum absolute atomic E-state index is 0.151. The van der Waals surface area contributed by atoms with Gasteiger partial charge >= 0.3 is 5.97 Å². The maximum Gasteiger partial charge on any atom is 0.307 e. The Kier molecular flexibility index (Phi) is 4.68. The first kappa shape index (κ1) is 14.0. The molecule has 0 radical (unpaired) electrons. The first-order valence-electron chi connectivity index (χ1n) is 5.00. The molecule has 1 unspecified atom stereocenters. The summed E-state index contributed by atoms with van der Waals surface area (Å²) < 4.78 is 0. The molecule has 6 nitrogen and oxygen atoms in total. The number of nitro benzene ring substituents is 1. The number of hydrogen-bond donors (Lipinski definition) is 1. The molecular weight excluding hydrogens is 256 g/mol. The molecule has 1 N–H and O–H groups in total. The van der Waals surface area contributed by atoms with Crippen LogP contribution in [0.2, 0.25) is 0 Å². The van der Waals surface area contributed by atoms with E-state index in [-0.39, 0.29) is 11.3 Å². The molecule has 0 aliphatic heterocycles. The second kappa shape index (κ2) is 6.02. The summed E-state index contributed by atoms with van der Waals surface area (Å²) in [6.07, 6.45) is 0. The van der Waals surface area contributed by atoms with E-state index < -0.39 is 16.8 Å². The lowest BCUT2D eigenvalue weighted by Crippen LogP contribution is -2.11. The van der Waals surface area contributed by atoms with Crippen molar-refractivity contribution in [3.63, 3.8) is 0 Å². The largest absolute Gasteiger partial charge is 0.481 e. The fourth-order valence-electron chi connectivity index (χ4n) is 1.13. The number of benzene rings is 1. The number of rotatable bonds is 5. The van der Waals surface area contributed by atoms with Crippen molar-refractivity contribution in [3.05, 3.63) is 33.9 Å². The SMILES string of the molecule is CC(CSc1ccc([N+](=O)[O-])cc1C#N)C(=O)O. The third-order valence-corrected chi connectivity index (χ3v) is 3.54. The van der Waals surface area contributed by atoms with Gasteiger partial charge in [0, 0.05) is 22.8 Å². The van der Waals surface area contributed by atoms with Crippen LogP contribution >= 0.6 is 11.8 Å². The van der Waals surface area contributed by atoms with Gasteiger partial charge in [-0.25, -0.2) is 0 Å². The van der Waals surface area contributed by atoms with E-state index in [4.69, 9.17) is 10.4 Å². The highest BCUT2D eigenvalue weighted by atomic mass is 32.2. The van der Waals surface area contributed by atoms with Gasteiger partial charge in [0.15, 0.2) is 0 Å². The molecule has 0 saturated carbocycles. The van der Waals surface area contributed by atoms with E-state index in [0.717, 1.165) is 0 Å². The lowest BCUT2D eigenvalue weighted by atomic mass is 10.2. The van der Waals surface area contributed by atoms with Gasteiger partial charge in [-0.2, -0.15) is 5.26 Å². The van der Waals surface area contributed by atoms with Crippen molar-refractivity contribution in [1.29, 1.82) is 5.26 Å². The number of thioether (sulfide) groups is 1. The van der Waals surface area contributed by atoms with Crippen LogP contribution in [0.3, 0.4) is 0 Å². The minimum Gasteiger partial charge on any atom is -0.481 e. The molecule has 0 aromatic heterocycles. The molecule has 0 aliphatic rings. The number of nitrogens with zero attached hydrogens (tertiary/aromatic N) is 2. The predicted molar refractivity (Wildman–Crippen MR) is 65.3 cm³/mol. The fourth-order valence-corrected chi connectivity index (χ4v) is 2.13. The molecule has 0 bridgehead atoms. The Hall–Kier alpha value is -2.07. The first-order valence-corrected chi connectivity index (χ1v) is 5.98. The summed E-state index contributed by atoms with van der Waals surface area (Å²) in [6, 6.07) is 5.83. The van der Waals surface area contributed by atoms with E-state index in [1.54, 1.807) is 6.92 Å². The maximum absolute atomic E-state index is 10.7. The molecule has 0 saturated heterocycles. The average molecular weight is 266 g/mol. The molecule has 1 atom stereocenters. The van der Waals surface area contributed by atoms with Crippen molar-refractivity contribution in [1.82, 2.24) is 0 Å². The van der Waals surface area contributed by atoms with E-state index >= 15 is 0 Å². The van der Waals surface area contributed by atoms with Crippen LogP contribution in [0, 0.1) is 27.4 Å². The zero-order valence-electron chi connectivity index (χ0n) is 9.49. The highest BCUT2D eigenvalue weighted by Crippen LogP contribution is 2.27. The summed E-state index contributed by atoms with van der Waals surface area (Å²) in [5, 5.41) is 28.2.